The molecule has 1 heterocycles. The molecule has 1 amide bonds. The lowest BCUT2D eigenvalue weighted by Crippen LogP contribution is -2.49. The Bertz CT molecular complexity index is 766. The van der Waals surface area contributed by atoms with E-state index in [4.69, 9.17) is 10.00 Å². The number of hydrogen-bond acceptors (Lipinski definition) is 4. The third-order valence-electron chi connectivity index (χ3n) is 3.93. The number of para-hydroxylation sites is 1. The van der Waals surface area contributed by atoms with E-state index in [1.165, 1.54) is 6.07 Å². The number of hydrogen-bond donors (Lipinski definition) is 0. The maximum Gasteiger partial charge on any atom is 0.415 e. The van der Waals surface area contributed by atoms with Crippen LogP contribution in [0.25, 0.3) is 0 Å². The summed E-state index contributed by atoms with van der Waals surface area (Å²) in [5, 5.41) is 9.13. The molecule has 5 nitrogen and oxygen atoms in total. The SMILES string of the molecule is N#Cc1c(F)cccc1N1CCN(C(=O)Oc2ccccc2)CC1. The number of carbonyl (C=O) groups is 1. The van der Waals surface area contributed by atoms with Gasteiger partial charge in [-0.25, -0.2) is 9.18 Å². The summed E-state index contributed by atoms with van der Waals surface area (Å²) in [4.78, 5) is 15.7. The number of anilines is 1. The van der Waals surface area contributed by atoms with Gasteiger partial charge in [0.2, 0.25) is 0 Å². The van der Waals surface area contributed by atoms with Gasteiger partial charge in [-0.15, -0.1) is 0 Å². The van der Waals surface area contributed by atoms with Crippen LogP contribution in [0.15, 0.2) is 48.5 Å². The zero-order valence-electron chi connectivity index (χ0n) is 13.0. The number of carbonyl (C=O) groups excluding carboxylic acids is 1. The molecule has 122 valence electrons. The molecule has 0 unspecified atom stereocenters. The van der Waals surface area contributed by atoms with E-state index in [1.54, 1.807) is 41.3 Å². The molecular formula is C18H16FN3O2. The highest BCUT2D eigenvalue weighted by molar-refractivity contribution is 5.71. The lowest BCUT2D eigenvalue weighted by molar-refractivity contribution is 0.149. The fourth-order valence-corrected chi connectivity index (χ4v) is 2.67. The number of nitriles is 1. The Balaban J connectivity index is 1.63. The highest BCUT2D eigenvalue weighted by atomic mass is 19.1. The summed E-state index contributed by atoms with van der Waals surface area (Å²) >= 11 is 0. The first kappa shape index (κ1) is 15.8. The fraction of sp³-hybridized carbons (Fsp3) is 0.222. The third kappa shape index (κ3) is 3.30. The van der Waals surface area contributed by atoms with Crippen LogP contribution in [0, 0.1) is 17.1 Å². The van der Waals surface area contributed by atoms with Crippen LogP contribution in [-0.2, 0) is 0 Å². The van der Waals surface area contributed by atoms with Crippen molar-refractivity contribution >= 4 is 11.8 Å². The Morgan fingerprint density at radius 3 is 2.42 bits per heavy atom. The first-order chi connectivity index (χ1) is 11.7. The minimum Gasteiger partial charge on any atom is -0.410 e. The van der Waals surface area contributed by atoms with Gasteiger partial charge in [0.25, 0.3) is 0 Å². The summed E-state index contributed by atoms with van der Waals surface area (Å²) in [7, 11) is 0. The van der Waals surface area contributed by atoms with Gasteiger partial charge >= 0.3 is 6.09 Å². The van der Waals surface area contributed by atoms with Crippen molar-refractivity contribution in [2.24, 2.45) is 0 Å². The van der Waals surface area contributed by atoms with E-state index in [0.717, 1.165) is 0 Å². The molecule has 0 aliphatic carbocycles. The Morgan fingerprint density at radius 1 is 1.04 bits per heavy atom. The van der Waals surface area contributed by atoms with Crippen LogP contribution in [0.3, 0.4) is 0 Å². The zero-order valence-corrected chi connectivity index (χ0v) is 13.0. The summed E-state index contributed by atoms with van der Waals surface area (Å²) in [6.07, 6.45) is -0.402. The van der Waals surface area contributed by atoms with Gasteiger partial charge in [0.05, 0.1) is 5.69 Å². The molecule has 0 radical (unpaired) electrons. The van der Waals surface area contributed by atoms with E-state index >= 15 is 0 Å². The van der Waals surface area contributed by atoms with Crippen LogP contribution in [0.5, 0.6) is 5.75 Å². The van der Waals surface area contributed by atoms with Gasteiger partial charge < -0.3 is 14.5 Å². The average Bonchev–Trinajstić information content (AvgIpc) is 2.62. The van der Waals surface area contributed by atoms with E-state index in [0.29, 0.717) is 37.6 Å². The second-order valence-electron chi connectivity index (χ2n) is 5.40. The molecule has 24 heavy (non-hydrogen) atoms. The van der Waals surface area contributed by atoms with Gasteiger partial charge in [-0.05, 0) is 24.3 Å². The van der Waals surface area contributed by atoms with Crippen molar-refractivity contribution < 1.29 is 13.9 Å². The van der Waals surface area contributed by atoms with Gasteiger partial charge in [-0.2, -0.15) is 5.26 Å². The second-order valence-corrected chi connectivity index (χ2v) is 5.40. The molecule has 1 saturated heterocycles. The molecule has 0 aromatic heterocycles. The lowest BCUT2D eigenvalue weighted by atomic mass is 10.1. The van der Waals surface area contributed by atoms with Crippen LogP contribution >= 0.6 is 0 Å². The van der Waals surface area contributed by atoms with Crippen molar-refractivity contribution in [1.82, 2.24) is 4.90 Å². The number of nitrogens with zero attached hydrogens (tertiary/aromatic N) is 3. The van der Waals surface area contributed by atoms with E-state index in [-0.39, 0.29) is 5.56 Å². The van der Waals surface area contributed by atoms with Crippen LogP contribution < -0.4 is 9.64 Å². The normalized spacial score (nSPS) is 14.2. The highest BCUT2D eigenvalue weighted by Crippen LogP contribution is 2.24. The maximum absolute atomic E-state index is 13.7. The third-order valence-corrected chi connectivity index (χ3v) is 3.93. The Hall–Kier alpha value is -3.07. The van der Waals surface area contributed by atoms with Gasteiger partial charge in [0.15, 0.2) is 0 Å². The maximum atomic E-state index is 13.7. The smallest absolute Gasteiger partial charge is 0.410 e. The van der Waals surface area contributed by atoms with Crippen LogP contribution in [0.1, 0.15) is 5.56 Å². The van der Waals surface area contributed by atoms with Crippen LogP contribution in [0.4, 0.5) is 14.9 Å². The van der Waals surface area contributed by atoms with Crippen molar-refractivity contribution in [2.45, 2.75) is 0 Å². The van der Waals surface area contributed by atoms with E-state index < -0.39 is 11.9 Å². The molecule has 3 rings (SSSR count). The largest absolute Gasteiger partial charge is 0.415 e. The number of piperazine rings is 1. The molecule has 0 N–H and O–H groups in total. The summed E-state index contributed by atoms with van der Waals surface area (Å²) in [5.41, 5.74) is 0.603. The monoisotopic (exact) mass is 325 g/mol. The van der Waals surface area contributed by atoms with Crippen LogP contribution in [0.2, 0.25) is 0 Å². The molecule has 2 aromatic rings. The quantitative estimate of drug-likeness (QED) is 0.852. The molecule has 0 bridgehead atoms. The van der Waals surface area contributed by atoms with Crippen molar-refractivity contribution in [3.63, 3.8) is 0 Å². The first-order valence-electron chi connectivity index (χ1n) is 7.64. The summed E-state index contributed by atoms with van der Waals surface area (Å²) < 4.78 is 19.0. The molecule has 1 aliphatic heterocycles. The molecule has 1 fully saturated rings. The van der Waals surface area contributed by atoms with Gasteiger partial charge in [0.1, 0.15) is 23.2 Å². The van der Waals surface area contributed by atoms with Crippen molar-refractivity contribution in [2.75, 3.05) is 31.1 Å². The van der Waals surface area contributed by atoms with Gasteiger partial charge in [0, 0.05) is 26.2 Å². The summed E-state index contributed by atoms with van der Waals surface area (Å²) in [5.74, 6) is -0.0252. The first-order valence-corrected chi connectivity index (χ1v) is 7.64. The van der Waals surface area contributed by atoms with Crippen molar-refractivity contribution in [1.29, 1.82) is 5.26 Å². The summed E-state index contributed by atoms with van der Waals surface area (Å²) in [6, 6.07) is 15.4. The van der Waals surface area contributed by atoms with Crippen molar-refractivity contribution in [3.05, 3.63) is 59.9 Å². The Kier molecular flexibility index (Phi) is 4.62. The molecular weight excluding hydrogens is 309 g/mol. The van der Waals surface area contributed by atoms with Gasteiger partial charge in [-0.1, -0.05) is 24.3 Å². The molecule has 0 atom stereocenters. The Morgan fingerprint density at radius 2 is 1.75 bits per heavy atom. The topological polar surface area (TPSA) is 56.6 Å². The number of halogens is 1. The molecule has 0 spiro atoms. The highest BCUT2D eigenvalue weighted by Gasteiger charge is 2.24. The van der Waals surface area contributed by atoms with Crippen LogP contribution in [-0.4, -0.2) is 37.2 Å². The number of ether oxygens (including phenoxy) is 1. The predicted octanol–water partition coefficient (Wildman–Crippen LogP) is 3.02. The standard InChI is InChI=1S/C18H16FN3O2/c19-16-7-4-8-17(15(16)13-20)21-9-11-22(12-10-21)18(23)24-14-5-2-1-3-6-14/h1-8H,9-12H2. The zero-order chi connectivity index (χ0) is 16.9. The average molecular weight is 325 g/mol. The minimum atomic E-state index is -0.527. The van der Waals surface area contributed by atoms with E-state index in [2.05, 4.69) is 0 Å². The molecule has 6 heteroatoms. The number of amides is 1. The molecule has 1 aliphatic rings. The number of benzene rings is 2. The lowest BCUT2D eigenvalue weighted by Gasteiger charge is -2.35. The number of rotatable bonds is 2. The molecule has 2 aromatic carbocycles. The van der Waals surface area contributed by atoms with Gasteiger partial charge in [-0.3, -0.25) is 0 Å². The van der Waals surface area contributed by atoms with E-state index in [9.17, 15) is 9.18 Å². The Labute approximate surface area is 139 Å². The second kappa shape index (κ2) is 7.01. The fourth-order valence-electron chi connectivity index (χ4n) is 2.67. The predicted molar refractivity (Wildman–Crippen MR) is 87.4 cm³/mol. The minimum absolute atomic E-state index is 0.0396. The van der Waals surface area contributed by atoms with Crippen molar-refractivity contribution in [3.8, 4) is 11.8 Å². The molecule has 0 saturated carbocycles. The van der Waals surface area contributed by atoms with E-state index in [1.807, 2.05) is 17.0 Å². The summed E-state index contributed by atoms with van der Waals surface area (Å²) in [6.45, 7) is 1.93.